The van der Waals surface area contributed by atoms with Gasteiger partial charge in [-0.2, -0.15) is 0 Å². The van der Waals surface area contributed by atoms with Crippen LogP contribution >= 0.6 is 0 Å². The third-order valence-electron chi connectivity index (χ3n) is 4.54. The molecule has 0 radical (unpaired) electrons. The maximum atomic E-state index is 12.4. The zero-order valence-corrected chi connectivity index (χ0v) is 13.6. The van der Waals surface area contributed by atoms with E-state index in [1.54, 1.807) is 6.07 Å². The van der Waals surface area contributed by atoms with Gasteiger partial charge in [-0.15, -0.1) is 0 Å². The van der Waals surface area contributed by atoms with Crippen LogP contribution in [0.2, 0.25) is 0 Å². The zero-order chi connectivity index (χ0) is 17.1. The molecule has 1 aliphatic rings. The molecule has 1 amide bonds. The van der Waals surface area contributed by atoms with Crippen LogP contribution in [0.15, 0.2) is 42.5 Å². The van der Waals surface area contributed by atoms with E-state index in [2.05, 4.69) is 23.5 Å². The number of hydrogen-bond donors (Lipinski definition) is 1. The largest absolute Gasteiger partial charge is 0.346 e. The number of amides is 1. The number of carbonyl (C=O) groups is 1. The van der Waals surface area contributed by atoms with Gasteiger partial charge in [0, 0.05) is 17.7 Å². The average molecular weight is 324 g/mol. The van der Waals surface area contributed by atoms with E-state index in [0.717, 1.165) is 18.4 Å². The number of nitro groups is 1. The van der Waals surface area contributed by atoms with Gasteiger partial charge >= 0.3 is 0 Å². The minimum Gasteiger partial charge on any atom is -0.346 e. The first-order valence-electron chi connectivity index (χ1n) is 8.21. The summed E-state index contributed by atoms with van der Waals surface area (Å²) in [5.41, 5.74) is 4.06. The van der Waals surface area contributed by atoms with E-state index in [4.69, 9.17) is 0 Å². The number of rotatable bonds is 4. The number of nitrogens with one attached hydrogen (secondary N) is 1. The van der Waals surface area contributed by atoms with E-state index in [9.17, 15) is 14.9 Å². The van der Waals surface area contributed by atoms with Crippen LogP contribution in [0, 0.1) is 10.1 Å². The van der Waals surface area contributed by atoms with Crippen LogP contribution in [-0.2, 0) is 12.8 Å². The maximum absolute atomic E-state index is 12.4. The first kappa shape index (κ1) is 16.2. The van der Waals surface area contributed by atoms with Crippen LogP contribution in [-0.4, -0.2) is 10.8 Å². The molecule has 3 rings (SSSR count). The summed E-state index contributed by atoms with van der Waals surface area (Å²) in [6, 6.07) is 12.0. The van der Waals surface area contributed by atoms with E-state index in [1.165, 1.54) is 42.2 Å². The van der Waals surface area contributed by atoms with Gasteiger partial charge in [-0.05, 0) is 55.4 Å². The molecule has 0 saturated carbocycles. The van der Waals surface area contributed by atoms with E-state index in [1.807, 2.05) is 6.92 Å². The molecule has 2 aromatic rings. The normalized spacial score (nSPS) is 14.5. The lowest BCUT2D eigenvalue weighted by molar-refractivity contribution is -0.384. The molecule has 5 heteroatoms. The van der Waals surface area contributed by atoms with E-state index >= 15 is 0 Å². The monoisotopic (exact) mass is 324 g/mol. The van der Waals surface area contributed by atoms with Gasteiger partial charge in [0.1, 0.15) is 0 Å². The summed E-state index contributed by atoms with van der Waals surface area (Å²) in [5, 5.41) is 13.8. The number of carbonyl (C=O) groups excluding carboxylic acids is 1. The minimum atomic E-state index is -0.496. The van der Waals surface area contributed by atoms with Crippen molar-refractivity contribution in [1.29, 1.82) is 0 Å². The Balaban J connectivity index is 1.74. The zero-order valence-electron chi connectivity index (χ0n) is 13.6. The highest BCUT2D eigenvalue weighted by Gasteiger charge is 2.16. The van der Waals surface area contributed by atoms with E-state index in [0.29, 0.717) is 5.56 Å². The highest BCUT2D eigenvalue weighted by atomic mass is 16.6. The summed E-state index contributed by atoms with van der Waals surface area (Å²) >= 11 is 0. The van der Waals surface area contributed by atoms with Crippen LogP contribution in [0.1, 0.15) is 52.9 Å². The Morgan fingerprint density at radius 1 is 1.12 bits per heavy atom. The van der Waals surface area contributed by atoms with E-state index < -0.39 is 4.92 Å². The first-order valence-corrected chi connectivity index (χ1v) is 8.21. The molecule has 1 aliphatic carbocycles. The fourth-order valence-electron chi connectivity index (χ4n) is 3.15. The minimum absolute atomic E-state index is 0.0796. The molecule has 0 aromatic heterocycles. The second-order valence-electron chi connectivity index (χ2n) is 6.24. The van der Waals surface area contributed by atoms with Gasteiger partial charge in [-0.3, -0.25) is 14.9 Å². The lowest BCUT2D eigenvalue weighted by atomic mass is 9.89. The summed E-state index contributed by atoms with van der Waals surface area (Å²) in [4.78, 5) is 22.7. The fourth-order valence-corrected chi connectivity index (χ4v) is 3.15. The maximum Gasteiger partial charge on any atom is 0.270 e. The molecular weight excluding hydrogens is 304 g/mol. The number of fused-ring (bicyclic) bond motifs is 1. The number of hydrogen-bond acceptors (Lipinski definition) is 3. The average Bonchev–Trinajstić information content (AvgIpc) is 2.61. The molecule has 124 valence electrons. The predicted octanol–water partition coefficient (Wildman–Crippen LogP) is 3.96. The van der Waals surface area contributed by atoms with Crippen molar-refractivity contribution in [3.63, 3.8) is 0 Å². The number of non-ortho nitro benzene ring substituents is 1. The van der Waals surface area contributed by atoms with Crippen LogP contribution < -0.4 is 5.32 Å². The number of aryl methyl sites for hydroxylation is 2. The van der Waals surface area contributed by atoms with Crippen LogP contribution in [0.25, 0.3) is 0 Å². The molecule has 0 aliphatic heterocycles. The van der Waals surface area contributed by atoms with Crippen molar-refractivity contribution in [2.24, 2.45) is 0 Å². The quantitative estimate of drug-likeness (QED) is 0.683. The van der Waals surface area contributed by atoms with Gasteiger partial charge in [0.15, 0.2) is 0 Å². The lowest BCUT2D eigenvalue weighted by Crippen LogP contribution is -2.26. The van der Waals surface area contributed by atoms with Crippen molar-refractivity contribution in [3.8, 4) is 0 Å². The summed E-state index contributed by atoms with van der Waals surface area (Å²) < 4.78 is 0. The smallest absolute Gasteiger partial charge is 0.270 e. The Morgan fingerprint density at radius 2 is 1.88 bits per heavy atom. The van der Waals surface area contributed by atoms with Crippen LogP contribution in [0.5, 0.6) is 0 Å². The number of nitrogens with zero attached hydrogens (tertiary/aromatic N) is 1. The lowest BCUT2D eigenvalue weighted by Gasteiger charge is -2.20. The summed E-state index contributed by atoms with van der Waals surface area (Å²) in [7, 11) is 0. The standard InChI is InChI=1S/C19H20N2O3/c1-13(15-10-9-14-5-2-3-6-16(14)11-15)20-19(22)17-7-4-8-18(12-17)21(23)24/h4,7-13H,2-3,5-6H2,1H3,(H,20,22)/t13-/m1/s1. The second kappa shape index (κ2) is 6.83. The molecule has 1 atom stereocenters. The highest BCUT2D eigenvalue weighted by Crippen LogP contribution is 2.25. The van der Waals surface area contributed by atoms with Crippen LogP contribution in [0.4, 0.5) is 5.69 Å². The Kier molecular flexibility index (Phi) is 4.60. The molecule has 0 bridgehead atoms. The topological polar surface area (TPSA) is 72.2 Å². The molecule has 1 N–H and O–H groups in total. The van der Waals surface area contributed by atoms with E-state index in [-0.39, 0.29) is 17.6 Å². The van der Waals surface area contributed by atoms with Gasteiger partial charge < -0.3 is 5.32 Å². The van der Waals surface area contributed by atoms with Gasteiger partial charge in [-0.1, -0.05) is 24.3 Å². The van der Waals surface area contributed by atoms with Crippen molar-refractivity contribution >= 4 is 11.6 Å². The van der Waals surface area contributed by atoms with Crippen LogP contribution in [0.3, 0.4) is 0 Å². The summed E-state index contributed by atoms with van der Waals surface area (Å²) in [6.07, 6.45) is 4.68. The number of benzene rings is 2. The fraction of sp³-hybridized carbons (Fsp3) is 0.316. The highest BCUT2D eigenvalue weighted by molar-refractivity contribution is 5.95. The molecule has 2 aromatic carbocycles. The second-order valence-corrected chi connectivity index (χ2v) is 6.24. The van der Waals surface area contributed by atoms with Crippen molar-refractivity contribution in [2.75, 3.05) is 0 Å². The summed E-state index contributed by atoms with van der Waals surface area (Å²) in [6.45, 7) is 1.93. The Labute approximate surface area is 140 Å². The Bertz CT molecular complexity index is 786. The molecule has 0 heterocycles. The molecule has 0 unspecified atom stereocenters. The van der Waals surface area contributed by atoms with Crippen molar-refractivity contribution < 1.29 is 9.72 Å². The van der Waals surface area contributed by atoms with Gasteiger partial charge in [0.2, 0.25) is 0 Å². The molecular formula is C19H20N2O3. The number of nitro benzene ring substituents is 1. The van der Waals surface area contributed by atoms with Crippen molar-refractivity contribution in [3.05, 3.63) is 74.8 Å². The molecule has 0 fully saturated rings. The van der Waals surface area contributed by atoms with Gasteiger partial charge in [0.05, 0.1) is 11.0 Å². The Hall–Kier alpha value is -2.69. The predicted molar refractivity (Wildman–Crippen MR) is 92.1 cm³/mol. The van der Waals surface area contributed by atoms with Gasteiger partial charge in [-0.25, -0.2) is 0 Å². The summed E-state index contributed by atoms with van der Waals surface area (Å²) in [5.74, 6) is -0.302. The third-order valence-corrected chi connectivity index (χ3v) is 4.54. The van der Waals surface area contributed by atoms with Crippen molar-refractivity contribution in [1.82, 2.24) is 5.32 Å². The third kappa shape index (κ3) is 3.45. The van der Waals surface area contributed by atoms with Gasteiger partial charge in [0.25, 0.3) is 11.6 Å². The molecule has 0 spiro atoms. The first-order chi connectivity index (χ1) is 11.5. The Morgan fingerprint density at radius 3 is 2.62 bits per heavy atom. The SMILES string of the molecule is C[C@@H](NC(=O)c1cccc([N+](=O)[O-])c1)c1ccc2c(c1)CCCC2. The van der Waals surface area contributed by atoms with Crippen molar-refractivity contribution in [2.45, 2.75) is 38.6 Å². The molecule has 24 heavy (non-hydrogen) atoms. The molecule has 0 saturated heterocycles. The molecule has 5 nitrogen and oxygen atoms in total.